The van der Waals surface area contributed by atoms with E-state index in [1.165, 1.54) is 12.1 Å². The van der Waals surface area contributed by atoms with Gasteiger partial charge in [0, 0.05) is 12.0 Å². The summed E-state index contributed by atoms with van der Waals surface area (Å²) in [5.74, 6) is -1.96. The van der Waals surface area contributed by atoms with E-state index in [-0.39, 0.29) is 24.5 Å². The Morgan fingerprint density at radius 1 is 0.703 bits per heavy atom. The molecule has 4 rings (SSSR count). The van der Waals surface area contributed by atoms with Crippen LogP contribution in [0.15, 0.2) is 97.1 Å². The van der Waals surface area contributed by atoms with E-state index in [2.05, 4.69) is 10.6 Å². The van der Waals surface area contributed by atoms with Crippen LogP contribution in [0.2, 0.25) is 0 Å². The van der Waals surface area contributed by atoms with Crippen molar-refractivity contribution in [3.8, 4) is 0 Å². The summed E-state index contributed by atoms with van der Waals surface area (Å²) in [5.41, 5.74) is 1.94. The summed E-state index contributed by atoms with van der Waals surface area (Å²) in [7, 11) is 0. The maximum absolute atomic E-state index is 13.5. The predicted molar refractivity (Wildman–Crippen MR) is 143 cm³/mol. The maximum atomic E-state index is 13.5. The van der Waals surface area contributed by atoms with E-state index >= 15 is 0 Å². The third-order valence-corrected chi connectivity index (χ3v) is 6.39. The molecular weight excluding hydrogens is 491 g/mol. The van der Waals surface area contributed by atoms with Crippen LogP contribution in [0.5, 0.6) is 0 Å². The van der Waals surface area contributed by atoms with E-state index in [1.807, 2.05) is 60.7 Å². The first-order valence-electron chi connectivity index (χ1n) is 11.9. The zero-order valence-electron chi connectivity index (χ0n) is 20.0. The smallest absolute Gasteiger partial charge is 0.252 e. The first kappa shape index (κ1) is 26.0. The molecule has 0 spiro atoms. The Hall–Kier alpha value is -4.03. The molecule has 7 heteroatoms. The fourth-order valence-corrected chi connectivity index (χ4v) is 4.37. The Labute approximate surface area is 219 Å². The van der Waals surface area contributed by atoms with Crippen LogP contribution in [0.3, 0.4) is 0 Å². The van der Waals surface area contributed by atoms with Crippen molar-refractivity contribution in [2.24, 2.45) is 0 Å². The molecule has 4 aromatic rings. The number of benzene rings is 4. The molecule has 0 bridgehead atoms. The molecule has 0 fully saturated rings. The molecule has 0 radical (unpaired) electrons. The number of carbonyl (C=O) groups is 3. The molecule has 0 heterocycles. The summed E-state index contributed by atoms with van der Waals surface area (Å²) in [4.78, 5) is 39.4. The van der Waals surface area contributed by atoms with Crippen LogP contribution in [0.4, 0.5) is 4.39 Å². The molecule has 4 aromatic carbocycles. The fourth-order valence-electron chi connectivity index (χ4n) is 4.19. The standard InChI is InChI=1S/C30H26ClFN2O3/c31-19-28(35)26(17-20-7-2-1-3-8-20)33-30(37)27(18-21-13-15-23(32)16-14-21)34-29(36)25-12-6-10-22-9-4-5-11-24(22)25/h1-16,26-27H,17-19H2,(H,33,37)(H,34,36)/t26-,27-/m0/s1. The van der Waals surface area contributed by atoms with E-state index in [1.54, 1.807) is 24.3 Å². The quantitative estimate of drug-likeness (QED) is 0.296. The number of hydrogen-bond donors (Lipinski definition) is 2. The molecule has 2 amide bonds. The third-order valence-electron chi connectivity index (χ3n) is 6.13. The first-order chi connectivity index (χ1) is 17.9. The molecule has 2 N–H and O–H groups in total. The number of rotatable bonds is 10. The molecule has 0 saturated carbocycles. The molecule has 0 aromatic heterocycles. The van der Waals surface area contributed by atoms with Gasteiger partial charge >= 0.3 is 0 Å². The van der Waals surface area contributed by atoms with E-state index in [4.69, 9.17) is 11.6 Å². The Kier molecular flexibility index (Phi) is 8.64. The summed E-state index contributed by atoms with van der Waals surface area (Å²) in [5, 5.41) is 7.25. The molecule has 188 valence electrons. The minimum atomic E-state index is -1.02. The molecule has 0 unspecified atom stereocenters. The van der Waals surface area contributed by atoms with Crippen LogP contribution in [-0.4, -0.2) is 35.6 Å². The SMILES string of the molecule is O=C(N[C@@H](Cc1ccc(F)cc1)C(=O)N[C@@H](Cc1ccccc1)C(=O)CCl)c1cccc2ccccc12. The molecule has 37 heavy (non-hydrogen) atoms. The van der Waals surface area contributed by atoms with Gasteiger partial charge in [-0.05, 0) is 46.5 Å². The van der Waals surface area contributed by atoms with Crippen LogP contribution in [0.1, 0.15) is 21.5 Å². The van der Waals surface area contributed by atoms with Crippen molar-refractivity contribution in [2.75, 3.05) is 5.88 Å². The minimum Gasteiger partial charge on any atom is -0.344 e. The molecule has 0 aliphatic carbocycles. The van der Waals surface area contributed by atoms with Gasteiger partial charge in [-0.25, -0.2) is 4.39 Å². The number of Topliss-reactive ketones (excluding diaryl/α,β-unsaturated/α-hetero) is 1. The van der Waals surface area contributed by atoms with E-state index < -0.39 is 29.7 Å². The van der Waals surface area contributed by atoms with Crippen molar-refractivity contribution in [3.63, 3.8) is 0 Å². The first-order valence-corrected chi connectivity index (χ1v) is 12.4. The van der Waals surface area contributed by atoms with Crippen LogP contribution in [0.25, 0.3) is 10.8 Å². The van der Waals surface area contributed by atoms with Crippen molar-refractivity contribution in [1.82, 2.24) is 10.6 Å². The van der Waals surface area contributed by atoms with E-state index in [0.29, 0.717) is 11.1 Å². The highest BCUT2D eigenvalue weighted by atomic mass is 35.5. The van der Waals surface area contributed by atoms with Gasteiger partial charge in [-0.1, -0.05) is 78.9 Å². The minimum absolute atomic E-state index is 0.107. The summed E-state index contributed by atoms with van der Waals surface area (Å²) in [6, 6.07) is 26.0. The zero-order chi connectivity index (χ0) is 26.2. The van der Waals surface area contributed by atoms with Gasteiger partial charge in [-0.15, -0.1) is 11.6 Å². The van der Waals surface area contributed by atoms with E-state index in [9.17, 15) is 18.8 Å². The average molecular weight is 517 g/mol. The van der Waals surface area contributed by atoms with Crippen molar-refractivity contribution in [3.05, 3.63) is 120 Å². The Morgan fingerprint density at radius 2 is 1.32 bits per heavy atom. The lowest BCUT2D eigenvalue weighted by Gasteiger charge is -2.23. The Bertz CT molecular complexity index is 1390. The van der Waals surface area contributed by atoms with Gasteiger partial charge in [-0.3, -0.25) is 14.4 Å². The number of alkyl halides is 1. The number of ketones is 1. The second-order valence-corrected chi connectivity index (χ2v) is 9.00. The number of carbonyl (C=O) groups excluding carboxylic acids is 3. The molecule has 0 aliphatic rings. The van der Waals surface area contributed by atoms with Crippen molar-refractivity contribution in [2.45, 2.75) is 24.9 Å². The second kappa shape index (κ2) is 12.3. The summed E-state index contributed by atoms with van der Waals surface area (Å²) in [6.07, 6.45) is 0.369. The van der Waals surface area contributed by atoms with Gasteiger partial charge in [0.1, 0.15) is 11.9 Å². The summed E-state index contributed by atoms with van der Waals surface area (Å²) in [6.45, 7) is 0. The average Bonchev–Trinajstić information content (AvgIpc) is 2.93. The van der Waals surface area contributed by atoms with Gasteiger partial charge in [0.05, 0.1) is 11.9 Å². The van der Waals surface area contributed by atoms with Gasteiger partial charge in [0.25, 0.3) is 5.91 Å². The molecule has 0 saturated heterocycles. The molecule has 0 aliphatic heterocycles. The number of nitrogens with one attached hydrogen (secondary N) is 2. The van der Waals surface area contributed by atoms with Gasteiger partial charge < -0.3 is 10.6 Å². The Balaban J connectivity index is 1.59. The summed E-state index contributed by atoms with van der Waals surface area (Å²) < 4.78 is 13.5. The lowest BCUT2D eigenvalue weighted by Crippen LogP contribution is -2.53. The highest BCUT2D eigenvalue weighted by Crippen LogP contribution is 2.19. The lowest BCUT2D eigenvalue weighted by atomic mass is 10.00. The highest BCUT2D eigenvalue weighted by Gasteiger charge is 2.27. The topological polar surface area (TPSA) is 75.3 Å². The van der Waals surface area contributed by atoms with Crippen molar-refractivity contribution < 1.29 is 18.8 Å². The van der Waals surface area contributed by atoms with Crippen LogP contribution >= 0.6 is 11.6 Å². The molecule has 5 nitrogen and oxygen atoms in total. The lowest BCUT2D eigenvalue weighted by molar-refractivity contribution is -0.127. The van der Waals surface area contributed by atoms with Gasteiger partial charge in [0.15, 0.2) is 5.78 Å². The van der Waals surface area contributed by atoms with Crippen LogP contribution in [-0.2, 0) is 22.4 Å². The van der Waals surface area contributed by atoms with Gasteiger partial charge in [-0.2, -0.15) is 0 Å². The predicted octanol–water partition coefficient (Wildman–Crippen LogP) is 4.86. The van der Waals surface area contributed by atoms with Crippen LogP contribution in [0, 0.1) is 5.82 Å². The van der Waals surface area contributed by atoms with Crippen molar-refractivity contribution >= 4 is 40.0 Å². The van der Waals surface area contributed by atoms with Gasteiger partial charge in [0.2, 0.25) is 5.91 Å². The maximum Gasteiger partial charge on any atom is 0.252 e. The number of halogens is 2. The van der Waals surface area contributed by atoms with Crippen molar-refractivity contribution in [1.29, 1.82) is 0 Å². The number of hydrogen-bond acceptors (Lipinski definition) is 3. The summed E-state index contributed by atoms with van der Waals surface area (Å²) >= 11 is 5.83. The molecular formula is C30H26ClFN2O3. The molecule has 2 atom stereocenters. The fraction of sp³-hybridized carbons (Fsp3) is 0.167. The highest BCUT2D eigenvalue weighted by molar-refractivity contribution is 6.28. The Morgan fingerprint density at radius 3 is 2.05 bits per heavy atom. The number of fused-ring (bicyclic) bond motifs is 1. The monoisotopic (exact) mass is 516 g/mol. The number of amides is 2. The second-order valence-electron chi connectivity index (χ2n) is 8.73. The van der Waals surface area contributed by atoms with Crippen LogP contribution < -0.4 is 10.6 Å². The third kappa shape index (κ3) is 6.80. The van der Waals surface area contributed by atoms with E-state index in [0.717, 1.165) is 16.3 Å². The largest absolute Gasteiger partial charge is 0.344 e. The zero-order valence-corrected chi connectivity index (χ0v) is 20.8. The normalized spacial score (nSPS) is 12.5.